The topological polar surface area (TPSA) is 61.9 Å². The van der Waals surface area contributed by atoms with Gasteiger partial charge in [0.25, 0.3) is 0 Å². The molecule has 0 radical (unpaired) electrons. The molecule has 0 spiro atoms. The van der Waals surface area contributed by atoms with Gasteiger partial charge >= 0.3 is 0 Å². The van der Waals surface area contributed by atoms with E-state index in [1.807, 2.05) is 12.1 Å². The number of rotatable bonds is 3. The average Bonchev–Trinajstić information content (AvgIpc) is 2.46. The third-order valence-corrected chi connectivity index (χ3v) is 4.42. The summed E-state index contributed by atoms with van der Waals surface area (Å²) in [6, 6.07) is 5.96. The van der Waals surface area contributed by atoms with Crippen LogP contribution < -0.4 is 10.6 Å². The van der Waals surface area contributed by atoms with Gasteiger partial charge in [-0.05, 0) is 43.2 Å². The Bertz CT molecular complexity index is 488. The van der Waals surface area contributed by atoms with E-state index in [0.717, 1.165) is 36.2 Å². The Labute approximate surface area is 121 Å². The summed E-state index contributed by atoms with van der Waals surface area (Å²) in [6.07, 6.45) is 2.42. The van der Waals surface area contributed by atoms with Crippen LogP contribution in [-0.2, 0) is 0 Å². The van der Waals surface area contributed by atoms with Crippen molar-refractivity contribution >= 4 is 11.5 Å². The molecule has 1 aromatic carbocycles. The number of aryl methyl sites for hydroxylation is 1. The molecule has 0 atom stereocenters. The normalized spacial score (nSPS) is 17.8. The smallest absolute Gasteiger partial charge is 0.172 e. The monoisotopic (exact) mass is 275 g/mol. The predicted molar refractivity (Wildman–Crippen MR) is 83.5 cm³/mol. The standard InChI is InChI=1S/C16H25N3O/c1-11(2)13-7-9-19(10-8-13)15-12(3)5-4-6-14(15)16(17)18-20/h4-6,11,13,20H,7-10H2,1-3H3,(H2,17,18). The summed E-state index contributed by atoms with van der Waals surface area (Å²) in [6.45, 7) is 8.77. The van der Waals surface area contributed by atoms with Crippen molar-refractivity contribution in [1.29, 1.82) is 0 Å². The van der Waals surface area contributed by atoms with Gasteiger partial charge in [-0.2, -0.15) is 0 Å². The Hall–Kier alpha value is -1.71. The molecule has 0 bridgehead atoms. The molecule has 2 rings (SSSR count). The second-order valence-corrected chi connectivity index (χ2v) is 6.02. The van der Waals surface area contributed by atoms with Gasteiger partial charge in [-0.3, -0.25) is 0 Å². The van der Waals surface area contributed by atoms with Gasteiger partial charge < -0.3 is 15.8 Å². The predicted octanol–water partition coefficient (Wildman–Crippen LogP) is 2.96. The second-order valence-electron chi connectivity index (χ2n) is 6.02. The molecule has 1 aliphatic heterocycles. The van der Waals surface area contributed by atoms with Crippen molar-refractivity contribution in [3.63, 3.8) is 0 Å². The molecule has 1 fully saturated rings. The minimum Gasteiger partial charge on any atom is -0.409 e. The molecule has 3 N–H and O–H groups in total. The summed E-state index contributed by atoms with van der Waals surface area (Å²) in [7, 11) is 0. The van der Waals surface area contributed by atoms with Gasteiger partial charge in [0.1, 0.15) is 0 Å². The van der Waals surface area contributed by atoms with Crippen LogP contribution in [0.1, 0.15) is 37.8 Å². The van der Waals surface area contributed by atoms with Crippen LogP contribution in [0.5, 0.6) is 0 Å². The minimum atomic E-state index is 0.190. The highest BCUT2D eigenvalue weighted by Gasteiger charge is 2.24. The molecule has 0 aliphatic carbocycles. The summed E-state index contributed by atoms with van der Waals surface area (Å²) in [4.78, 5) is 2.38. The van der Waals surface area contributed by atoms with E-state index in [9.17, 15) is 0 Å². The minimum absolute atomic E-state index is 0.190. The van der Waals surface area contributed by atoms with Crippen molar-refractivity contribution in [3.8, 4) is 0 Å². The number of piperidine rings is 1. The fraction of sp³-hybridized carbons (Fsp3) is 0.562. The lowest BCUT2D eigenvalue weighted by Crippen LogP contribution is -2.37. The first-order valence-electron chi connectivity index (χ1n) is 7.37. The number of anilines is 1. The lowest BCUT2D eigenvalue weighted by molar-refractivity contribution is 0.311. The molecular weight excluding hydrogens is 250 g/mol. The van der Waals surface area contributed by atoms with Gasteiger partial charge in [-0.25, -0.2) is 0 Å². The van der Waals surface area contributed by atoms with Crippen LogP contribution in [0.25, 0.3) is 0 Å². The zero-order chi connectivity index (χ0) is 14.7. The SMILES string of the molecule is Cc1cccc(/C(N)=N/O)c1N1CCC(C(C)C)CC1. The van der Waals surface area contributed by atoms with E-state index in [2.05, 4.69) is 36.9 Å². The van der Waals surface area contributed by atoms with E-state index < -0.39 is 0 Å². The van der Waals surface area contributed by atoms with E-state index in [0.29, 0.717) is 0 Å². The summed E-state index contributed by atoms with van der Waals surface area (Å²) in [5.74, 6) is 1.75. The summed E-state index contributed by atoms with van der Waals surface area (Å²) in [5, 5.41) is 12.1. The van der Waals surface area contributed by atoms with Gasteiger partial charge in [-0.1, -0.05) is 31.1 Å². The van der Waals surface area contributed by atoms with Crippen molar-refractivity contribution in [3.05, 3.63) is 29.3 Å². The van der Waals surface area contributed by atoms with Gasteiger partial charge in [0.05, 0.1) is 5.69 Å². The highest BCUT2D eigenvalue weighted by molar-refractivity contribution is 6.02. The first-order valence-corrected chi connectivity index (χ1v) is 7.37. The average molecular weight is 275 g/mol. The molecule has 0 unspecified atom stereocenters. The molecule has 4 nitrogen and oxygen atoms in total. The van der Waals surface area contributed by atoms with Gasteiger partial charge in [0.15, 0.2) is 5.84 Å². The van der Waals surface area contributed by atoms with E-state index in [1.54, 1.807) is 0 Å². The summed E-state index contributed by atoms with van der Waals surface area (Å²) < 4.78 is 0. The van der Waals surface area contributed by atoms with Crippen molar-refractivity contribution in [2.24, 2.45) is 22.7 Å². The van der Waals surface area contributed by atoms with Crippen LogP contribution in [0.15, 0.2) is 23.4 Å². The number of hydrogen-bond acceptors (Lipinski definition) is 3. The molecule has 110 valence electrons. The number of nitrogens with two attached hydrogens (primary N) is 1. The number of amidine groups is 1. The van der Waals surface area contributed by atoms with E-state index in [1.165, 1.54) is 18.4 Å². The van der Waals surface area contributed by atoms with Gasteiger partial charge in [0.2, 0.25) is 0 Å². The zero-order valence-corrected chi connectivity index (χ0v) is 12.6. The summed E-state index contributed by atoms with van der Waals surface area (Å²) >= 11 is 0. The van der Waals surface area contributed by atoms with Crippen molar-refractivity contribution in [2.45, 2.75) is 33.6 Å². The first kappa shape index (κ1) is 14.7. The highest BCUT2D eigenvalue weighted by Crippen LogP contribution is 2.31. The molecule has 1 saturated heterocycles. The fourth-order valence-corrected chi connectivity index (χ4v) is 3.13. The van der Waals surface area contributed by atoms with Crippen molar-refractivity contribution in [2.75, 3.05) is 18.0 Å². The van der Waals surface area contributed by atoms with E-state index in [-0.39, 0.29) is 5.84 Å². The van der Waals surface area contributed by atoms with Crippen molar-refractivity contribution in [1.82, 2.24) is 0 Å². The number of benzene rings is 1. The van der Waals surface area contributed by atoms with Crippen LogP contribution in [0, 0.1) is 18.8 Å². The van der Waals surface area contributed by atoms with Crippen LogP contribution in [0.2, 0.25) is 0 Å². The highest BCUT2D eigenvalue weighted by atomic mass is 16.4. The Balaban J connectivity index is 2.26. The quantitative estimate of drug-likeness (QED) is 0.386. The lowest BCUT2D eigenvalue weighted by Gasteiger charge is -2.37. The Kier molecular flexibility index (Phi) is 4.53. The third kappa shape index (κ3) is 2.89. The van der Waals surface area contributed by atoms with Gasteiger partial charge in [-0.15, -0.1) is 0 Å². The molecule has 4 heteroatoms. The zero-order valence-electron chi connectivity index (χ0n) is 12.6. The molecule has 1 aliphatic rings. The largest absolute Gasteiger partial charge is 0.409 e. The lowest BCUT2D eigenvalue weighted by atomic mass is 9.86. The maximum absolute atomic E-state index is 8.96. The molecule has 0 amide bonds. The van der Waals surface area contributed by atoms with Gasteiger partial charge in [0, 0.05) is 18.7 Å². The van der Waals surface area contributed by atoms with Crippen LogP contribution >= 0.6 is 0 Å². The molecule has 1 aromatic rings. The number of nitrogens with zero attached hydrogens (tertiary/aromatic N) is 2. The maximum atomic E-state index is 8.96. The molecule has 1 heterocycles. The Morgan fingerprint density at radius 3 is 2.55 bits per heavy atom. The third-order valence-electron chi connectivity index (χ3n) is 4.42. The van der Waals surface area contributed by atoms with E-state index >= 15 is 0 Å². The van der Waals surface area contributed by atoms with E-state index in [4.69, 9.17) is 10.9 Å². The maximum Gasteiger partial charge on any atom is 0.172 e. The molecule has 20 heavy (non-hydrogen) atoms. The second kappa shape index (κ2) is 6.16. The Morgan fingerprint density at radius 1 is 1.35 bits per heavy atom. The fourth-order valence-electron chi connectivity index (χ4n) is 3.13. The number of para-hydroxylation sites is 1. The molecule has 0 saturated carbocycles. The number of oxime groups is 1. The molecule has 0 aromatic heterocycles. The molecular formula is C16H25N3O. The first-order chi connectivity index (χ1) is 9.54. The Morgan fingerprint density at radius 2 is 2.00 bits per heavy atom. The number of hydrogen-bond donors (Lipinski definition) is 2. The van der Waals surface area contributed by atoms with Crippen LogP contribution in [-0.4, -0.2) is 24.1 Å². The van der Waals surface area contributed by atoms with Crippen LogP contribution in [0.3, 0.4) is 0 Å². The van der Waals surface area contributed by atoms with Crippen LogP contribution in [0.4, 0.5) is 5.69 Å². The summed E-state index contributed by atoms with van der Waals surface area (Å²) in [5.41, 5.74) is 8.94. The van der Waals surface area contributed by atoms with Crippen molar-refractivity contribution < 1.29 is 5.21 Å².